The number of allylic oxidation sites excluding steroid dienone is 20. The zero-order chi connectivity index (χ0) is 45.8. The lowest BCUT2D eigenvalue weighted by atomic mass is 9.63. The Kier molecular flexibility index (Phi) is 9.39. The van der Waals surface area contributed by atoms with Crippen molar-refractivity contribution in [1.29, 1.82) is 0 Å². The molecule has 0 saturated carbocycles. The molecule has 4 atom stereocenters. The van der Waals surface area contributed by atoms with Crippen LogP contribution in [-0.4, -0.2) is 0 Å². The molecular formula is C69H56. The second-order valence-electron chi connectivity index (χ2n) is 21.0. The van der Waals surface area contributed by atoms with E-state index in [2.05, 4.69) is 220 Å². The fourth-order valence-corrected chi connectivity index (χ4v) is 14.3. The summed E-state index contributed by atoms with van der Waals surface area (Å²) in [5.41, 5.74) is 20.7. The lowest BCUT2D eigenvalue weighted by Crippen LogP contribution is -2.42. The largest absolute Gasteiger partial charge is 0.0842 e. The van der Waals surface area contributed by atoms with Crippen molar-refractivity contribution in [3.8, 4) is 0 Å². The summed E-state index contributed by atoms with van der Waals surface area (Å²) in [4.78, 5) is 0. The molecule has 0 radical (unpaired) electrons. The summed E-state index contributed by atoms with van der Waals surface area (Å²) < 4.78 is 0. The molecule has 6 aromatic rings. The second kappa shape index (κ2) is 15.9. The van der Waals surface area contributed by atoms with E-state index in [0.717, 1.165) is 38.5 Å². The third kappa shape index (κ3) is 6.14. The molecular weight excluding hydrogens is 829 g/mol. The van der Waals surface area contributed by atoms with Gasteiger partial charge in [0.15, 0.2) is 0 Å². The van der Waals surface area contributed by atoms with E-state index in [9.17, 15) is 0 Å². The van der Waals surface area contributed by atoms with Gasteiger partial charge in [-0.25, -0.2) is 0 Å². The molecule has 0 heteroatoms. The molecule has 0 amide bonds. The van der Waals surface area contributed by atoms with Gasteiger partial charge in [-0.1, -0.05) is 220 Å². The number of hydrogen-bond donors (Lipinski definition) is 0. The van der Waals surface area contributed by atoms with E-state index in [1.165, 1.54) is 115 Å². The van der Waals surface area contributed by atoms with E-state index >= 15 is 0 Å². The normalized spacial score (nSPS) is 23.7. The first-order valence-corrected chi connectivity index (χ1v) is 25.7. The summed E-state index contributed by atoms with van der Waals surface area (Å²) >= 11 is 0. The van der Waals surface area contributed by atoms with Gasteiger partial charge in [-0.15, -0.1) is 0 Å². The van der Waals surface area contributed by atoms with Gasteiger partial charge in [0.2, 0.25) is 0 Å². The molecule has 0 fully saturated rings. The van der Waals surface area contributed by atoms with Gasteiger partial charge in [0.05, 0.1) is 0 Å². The average Bonchev–Trinajstić information content (AvgIpc) is 3.64. The molecule has 6 aromatic carbocycles. The number of rotatable bonds is 5. The van der Waals surface area contributed by atoms with Crippen LogP contribution in [-0.2, 0) is 5.41 Å². The van der Waals surface area contributed by atoms with Gasteiger partial charge < -0.3 is 0 Å². The highest BCUT2D eigenvalue weighted by Gasteiger charge is 2.42. The first-order chi connectivity index (χ1) is 34.0. The highest BCUT2D eigenvalue weighted by Crippen LogP contribution is 2.54. The van der Waals surface area contributed by atoms with Crippen LogP contribution in [0, 0.1) is 23.7 Å². The highest BCUT2D eigenvalue weighted by molar-refractivity contribution is 6.16. The maximum Gasteiger partial charge on any atom is 0.0155 e. The Morgan fingerprint density at radius 3 is 1.61 bits per heavy atom. The fourth-order valence-electron chi connectivity index (χ4n) is 14.3. The van der Waals surface area contributed by atoms with Crippen LogP contribution >= 0.6 is 0 Å². The lowest BCUT2D eigenvalue weighted by Gasteiger charge is -2.40. The van der Waals surface area contributed by atoms with Gasteiger partial charge >= 0.3 is 0 Å². The van der Waals surface area contributed by atoms with Crippen molar-refractivity contribution in [3.63, 3.8) is 0 Å². The van der Waals surface area contributed by atoms with Gasteiger partial charge in [0, 0.05) is 29.1 Å². The van der Waals surface area contributed by atoms with Gasteiger partial charge in [-0.05, 0) is 159 Å². The molecule has 8 aliphatic carbocycles. The SMILES string of the molecule is CC1(C)C2=C(CCC(C3=c4ccccc4=C(C4=CC=C(C5=c6ccccc6=C(c6c7ccccc7c(C7=CC=CCC7)c7ccccc67)CC5)C5C=CC=CC45)C4C=CC=CC34)=C2)c2ccccc21. The van der Waals surface area contributed by atoms with Crippen LogP contribution in [0.1, 0.15) is 74.6 Å². The molecule has 0 aromatic heterocycles. The average molecular weight is 885 g/mol. The molecule has 14 rings (SSSR count). The summed E-state index contributed by atoms with van der Waals surface area (Å²) in [6.45, 7) is 4.87. The van der Waals surface area contributed by atoms with E-state index < -0.39 is 0 Å². The standard InChI is InChI=1S/C69H56/c1-69(2)63-35-19-18-26-51(63)52-37-36-44(42-64(52)69)66-55-29-12-16-33-59(55)68(60-34-17-13-30-56(60)66)62-41-39-50(46-23-7-9-25-48(46)62)49-38-40-61(47-24-8-6-22-45(47)49)67-57-31-14-10-27-53(57)65(43-20-4-3-5-21-43)54-28-11-15-32-58(54)67/h3-4,6-20,22-35,39,41-42,46,48,55,59H,5,21,36-38,40H2,1-2H3. The monoisotopic (exact) mass is 884 g/mol. The van der Waals surface area contributed by atoms with E-state index in [1.807, 2.05) is 0 Å². The van der Waals surface area contributed by atoms with E-state index in [4.69, 9.17) is 0 Å². The lowest BCUT2D eigenvalue weighted by molar-refractivity contribution is 0.594. The molecule has 8 aliphatic rings. The van der Waals surface area contributed by atoms with Crippen molar-refractivity contribution >= 4 is 55.0 Å². The van der Waals surface area contributed by atoms with E-state index in [1.54, 1.807) is 5.57 Å². The Hall–Kier alpha value is -7.28. The maximum atomic E-state index is 2.62. The third-order valence-electron chi connectivity index (χ3n) is 17.3. The maximum absolute atomic E-state index is 2.62. The molecule has 0 bridgehead atoms. The molecule has 4 unspecified atom stereocenters. The Morgan fingerprint density at radius 1 is 0.406 bits per heavy atom. The van der Waals surface area contributed by atoms with Crippen LogP contribution in [0.2, 0.25) is 0 Å². The summed E-state index contributed by atoms with van der Waals surface area (Å²) in [5, 5.41) is 11.1. The predicted octanol–water partition coefficient (Wildman–Crippen LogP) is 13.9. The Morgan fingerprint density at radius 2 is 0.928 bits per heavy atom. The number of fused-ring (bicyclic) bond motifs is 8. The van der Waals surface area contributed by atoms with Crippen molar-refractivity contribution < 1.29 is 0 Å². The fraction of sp³-hybridized carbons (Fsp3) is 0.188. The van der Waals surface area contributed by atoms with E-state index in [0.29, 0.717) is 0 Å². The highest BCUT2D eigenvalue weighted by atomic mass is 14.5. The van der Waals surface area contributed by atoms with Crippen LogP contribution in [0.4, 0.5) is 0 Å². The smallest absolute Gasteiger partial charge is 0.0155 e. The van der Waals surface area contributed by atoms with Crippen molar-refractivity contribution in [2.45, 2.75) is 57.8 Å². The zero-order valence-corrected chi connectivity index (χ0v) is 39.7. The molecule has 0 nitrogen and oxygen atoms in total. The summed E-state index contributed by atoms with van der Waals surface area (Å²) in [6.07, 6.45) is 40.2. The predicted molar refractivity (Wildman–Crippen MR) is 292 cm³/mol. The van der Waals surface area contributed by atoms with Crippen molar-refractivity contribution in [2.24, 2.45) is 23.7 Å². The second-order valence-corrected chi connectivity index (χ2v) is 21.0. The minimum atomic E-state index is -0.00646. The first-order valence-electron chi connectivity index (χ1n) is 25.7. The van der Waals surface area contributed by atoms with Crippen molar-refractivity contribution in [3.05, 3.63) is 272 Å². The van der Waals surface area contributed by atoms with Gasteiger partial charge in [-0.3, -0.25) is 0 Å². The Labute approximate surface area is 406 Å². The van der Waals surface area contributed by atoms with Crippen LogP contribution in [0.25, 0.3) is 55.0 Å². The number of hydrogen-bond acceptors (Lipinski definition) is 0. The van der Waals surface area contributed by atoms with Gasteiger partial charge in [0.25, 0.3) is 0 Å². The molecule has 332 valence electrons. The quantitative estimate of drug-likeness (QED) is 0.151. The molecule has 69 heavy (non-hydrogen) atoms. The molecule has 0 N–H and O–H groups in total. The third-order valence-corrected chi connectivity index (χ3v) is 17.3. The molecule has 0 heterocycles. The van der Waals surface area contributed by atoms with E-state index in [-0.39, 0.29) is 29.1 Å². The Bertz CT molecular complexity index is 3810. The topological polar surface area (TPSA) is 0 Å². The van der Waals surface area contributed by atoms with Gasteiger partial charge in [-0.2, -0.15) is 0 Å². The van der Waals surface area contributed by atoms with Crippen LogP contribution in [0.3, 0.4) is 0 Å². The van der Waals surface area contributed by atoms with Gasteiger partial charge in [0.1, 0.15) is 0 Å². The molecule has 0 aliphatic heterocycles. The minimum absolute atomic E-state index is 0.00646. The minimum Gasteiger partial charge on any atom is -0.0842 e. The first kappa shape index (κ1) is 40.8. The molecule has 0 saturated heterocycles. The summed E-state index contributed by atoms with van der Waals surface area (Å²) in [6, 6.07) is 46.3. The van der Waals surface area contributed by atoms with Crippen LogP contribution in [0.5, 0.6) is 0 Å². The zero-order valence-electron chi connectivity index (χ0n) is 39.7. The molecule has 0 spiro atoms. The van der Waals surface area contributed by atoms with Crippen molar-refractivity contribution in [2.75, 3.05) is 0 Å². The number of benzene rings is 6. The summed E-state index contributed by atoms with van der Waals surface area (Å²) in [5.74, 6) is 1.03. The van der Waals surface area contributed by atoms with Crippen LogP contribution in [0.15, 0.2) is 229 Å². The van der Waals surface area contributed by atoms with Crippen molar-refractivity contribution in [1.82, 2.24) is 0 Å². The Balaban J connectivity index is 0.960. The summed E-state index contributed by atoms with van der Waals surface area (Å²) in [7, 11) is 0. The van der Waals surface area contributed by atoms with Crippen LogP contribution < -0.4 is 20.9 Å².